The molecule has 198 valence electrons. The molecule has 1 fully saturated rings. The highest BCUT2D eigenvalue weighted by atomic mass is 35.5. The molecular formula is C25H30ClN5O5S. The number of hydrogen-bond acceptors (Lipinski definition) is 9. The molecule has 0 N–H and O–H groups in total. The van der Waals surface area contributed by atoms with Crippen LogP contribution >= 0.6 is 11.6 Å². The quantitative estimate of drug-likeness (QED) is 0.393. The highest BCUT2D eigenvalue weighted by Gasteiger charge is 2.51. The fraction of sp³-hybridized carbons (Fsp3) is 0.480. The molecule has 37 heavy (non-hydrogen) atoms. The molecule has 0 radical (unpaired) electrons. The number of ether oxygens (including phenoxy) is 2. The second-order valence-electron chi connectivity index (χ2n) is 9.77. The van der Waals surface area contributed by atoms with Crippen molar-refractivity contribution in [1.29, 1.82) is 0 Å². The summed E-state index contributed by atoms with van der Waals surface area (Å²) in [5.41, 5.74) is 0.847. The van der Waals surface area contributed by atoms with E-state index in [9.17, 15) is 13.2 Å². The predicted octanol–water partition coefficient (Wildman–Crippen LogP) is 3.80. The molecule has 1 aromatic carbocycles. The molecule has 10 nitrogen and oxygen atoms in total. The normalized spacial score (nSPS) is 18.8. The third-order valence-corrected chi connectivity index (χ3v) is 9.40. The van der Waals surface area contributed by atoms with Crippen molar-refractivity contribution in [3.8, 4) is 11.4 Å². The fourth-order valence-corrected chi connectivity index (χ4v) is 6.15. The van der Waals surface area contributed by atoms with Gasteiger partial charge < -0.3 is 9.47 Å². The van der Waals surface area contributed by atoms with E-state index in [1.165, 1.54) is 19.5 Å². The van der Waals surface area contributed by atoms with E-state index >= 15 is 0 Å². The Bertz CT molecular complexity index is 1420. The van der Waals surface area contributed by atoms with Gasteiger partial charge in [-0.05, 0) is 25.5 Å². The Morgan fingerprint density at radius 3 is 2.43 bits per heavy atom. The van der Waals surface area contributed by atoms with Gasteiger partial charge in [0, 0.05) is 37.3 Å². The van der Waals surface area contributed by atoms with Crippen LogP contribution < -0.4 is 4.74 Å². The number of methoxy groups -OCH3 is 2. The number of hydrogen-bond donors (Lipinski definition) is 0. The smallest absolute Gasteiger partial charge is 0.163 e. The summed E-state index contributed by atoms with van der Waals surface area (Å²) in [5, 5.41) is 8.05. The zero-order chi connectivity index (χ0) is 27.1. The maximum Gasteiger partial charge on any atom is 0.163 e. The lowest BCUT2D eigenvalue weighted by molar-refractivity contribution is -0.138. The van der Waals surface area contributed by atoms with Crippen LogP contribution in [0.5, 0.6) is 5.75 Å². The number of sulfone groups is 1. The molecule has 1 aliphatic rings. The van der Waals surface area contributed by atoms with Crippen LogP contribution in [0.3, 0.4) is 0 Å². The maximum atomic E-state index is 13.7. The van der Waals surface area contributed by atoms with Crippen LogP contribution in [0.15, 0.2) is 30.6 Å². The van der Waals surface area contributed by atoms with E-state index in [-0.39, 0.29) is 23.3 Å². The van der Waals surface area contributed by atoms with Crippen molar-refractivity contribution in [2.24, 2.45) is 5.41 Å². The van der Waals surface area contributed by atoms with E-state index in [1.807, 2.05) is 32.9 Å². The minimum absolute atomic E-state index is 0.123. The van der Waals surface area contributed by atoms with Crippen LogP contribution in [0.4, 0.5) is 0 Å². The molecule has 2 heterocycles. The number of halogens is 1. The number of aryl methyl sites for hydroxylation is 1. The Morgan fingerprint density at radius 2 is 1.86 bits per heavy atom. The van der Waals surface area contributed by atoms with Gasteiger partial charge in [-0.3, -0.25) is 9.36 Å². The van der Waals surface area contributed by atoms with Gasteiger partial charge in [0.25, 0.3) is 0 Å². The summed E-state index contributed by atoms with van der Waals surface area (Å²) in [6.07, 6.45) is 2.17. The van der Waals surface area contributed by atoms with Gasteiger partial charge in [0.2, 0.25) is 0 Å². The van der Waals surface area contributed by atoms with Crippen LogP contribution in [-0.4, -0.2) is 58.4 Å². The molecule has 12 heteroatoms. The molecule has 0 unspecified atom stereocenters. The van der Waals surface area contributed by atoms with Crippen molar-refractivity contribution in [2.75, 3.05) is 14.2 Å². The van der Waals surface area contributed by atoms with Crippen molar-refractivity contribution >= 4 is 27.2 Å². The topological polar surface area (TPSA) is 126 Å². The lowest BCUT2D eigenvalue weighted by atomic mass is 9.61. The van der Waals surface area contributed by atoms with E-state index in [0.717, 1.165) is 5.56 Å². The van der Waals surface area contributed by atoms with Gasteiger partial charge in [-0.2, -0.15) is 0 Å². The summed E-state index contributed by atoms with van der Waals surface area (Å²) >= 11 is 5.89. The zero-order valence-electron chi connectivity index (χ0n) is 21.6. The van der Waals surface area contributed by atoms with Gasteiger partial charge in [0.05, 0.1) is 23.1 Å². The van der Waals surface area contributed by atoms with Crippen molar-refractivity contribution in [3.63, 3.8) is 0 Å². The average molecular weight is 548 g/mol. The summed E-state index contributed by atoms with van der Waals surface area (Å²) < 4.78 is 40.2. The summed E-state index contributed by atoms with van der Waals surface area (Å²) in [6, 6.07) is 5.55. The minimum atomic E-state index is -3.86. The van der Waals surface area contributed by atoms with Crippen molar-refractivity contribution in [3.05, 3.63) is 58.7 Å². The molecule has 4 rings (SSSR count). The van der Waals surface area contributed by atoms with Gasteiger partial charge in [-0.1, -0.05) is 37.6 Å². The Hall–Kier alpha value is -2.89. The second-order valence-corrected chi connectivity index (χ2v) is 12.6. The largest absolute Gasteiger partial charge is 0.495 e. The first-order valence-electron chi connectivity index (χ1n) is 11.8. The Labute approximate surface area is 221 Å². The number of rotatable bonds is 9. The minimum Gasteiger partial charge on any atom is -0.495 e. The third kappa shape index (κ3) is 4.87. The average Bonchev–Trinajstić information content (AvgIpc) is 3.24. The van der Waals surface area contributed by atoms with E-state index in [0.29, 0.717) is 28.7 Å². The van der Waals surface area contributed by atoms with E-state index in [1.54, 1.807) is 24.7 Å². The lowest BCUT2D eigenvalue weighted by Gasteiger charge is -2.41. The first-order chi connectivity index (χ1) is 17.4. The zero-order valence-corrected chi connectivity index (χ0v) is 23.2. The molecule has 3 atom stereocenters. The van der Waals surface area contributed by atoms with E-state index in [4.69, 9.17) is 21.1 Å². The summed E-state index contributed by atoms with van der Waals surface area (Å²) in [6.45, 7) is 7.18. The van der Waals surface area contributed by atoms with E-state index in [2.05, 4.69) is 20.2 Å². The Balaban J connectivity index is 1.79. The van der Waals surface area contributed by atoms with Crippen LogP contribution in [0.25, 0.3) is 5.69 Å². The van der Waals surface area contributed by atoms with Crippen LogP contribution in [0.2, 0.25) is 5.02 Å². The van der Waals surface area contributed by atoms with Crippen LogP contribution in [0.1, 0.15) is 62.3 Å². The first kappa shape index (κ1) is 27.2. The molecule has 1 aliphatic carbocycles. The van der Waals surface area contributed by atoms with Gasteiger partial charge in [-0.15, -0.1) is 10.2 Å². The van der Waals surface area contributed by atoms with Gasteiger partial charge in [0.15, 0.2) is 21.5 Å². The molecule has 1 saturated carbocycles. The summed E-state index contributed by atoms with van der Waals surface area (Å²) in [7, 11) is -0.901. The predicted molar refractivity (Wildman–Crippen MR) is 138 cm³/mol. The molecule has 3 aromatic rings. The highest BCUT2D eigenvalue weighted by Crippen LogP contribution is 2.50. The third-order valence-electron chi connectivity index (χ3n) is 7.16. The summed E-state index contributed by atoms with van der Waals surface area (Å²) in [5.74, 6) is 0.974. The monoisotopic (exact) mass is 547 g/mol. The Kier molecular flexibility index (Phi) is 7.42. The number of carbonyl (C=O) groups excluding carboxylic acids is 1. The number of ketones is 1. The SMILES string of the molecule is COc1cccc(C)c1-n1c(CS(=O)(=O)[C@@H](C)[C@H](OC)c2ncc(Cl)cn2)nnc1[C@H]1CC(=O)C1(C)C. The van der Waals surface area contributed by atoms with Gasteiger partial charge >= 0.3 is 0 Å². The molecule has 0 saturated heterocycles. The molecule has 0 spiro atoms. The van der Waals surface area contributed by atoms with Crippen molar-refractivity contribution in [1.82, 2.24) is 24.7 Å². The number of benzene rings is 1. The van der Waals surface area contributed by atoms with Crippen molar-refractivity contribution < 1.29 is 22.7 Å². The Morgan fingerprint density at radius 1 is 1.19 bits per heavy atom. The number of nitrogens with zero attached hydrogens (tertiary/aromatic N) is 5. The van der Waals surface area contributed by atoms with Gasteiger partial charge in [-0.25, -0.2) is 18.4 Å². The number of Topliss-reactive ketones (excluding diaryl/α,β-unsaturated/α-hetero) is 1. The number of aromatic nitrogens is 5. The van der Waals surface area contributed by atoms with Crippen molar-refractivity contribution in [2.45, 2.75) is 57.1 Å². The lowest BCUT2D eigenvalue weighted by Crippen LogP contribution is -2.44. The molecule has 0 amide bonds. The van der Waals surface area contributed by atoms with E-state index < -0.39 is 32.4 Å². The number of carbonyl (C=O) groups is 1. The highest BCUT2D eigenvalue weighted by molar-refractivity contribution is 7.91. The summed E-state index contributed by atoms with van der Waals surface area (Å²) in [4.78, 5) is 20.6. The fourth-order valence-electron chi connectivity index (χ4n) is 4.63. The standard InChI is InChI=1S/C25H30ClN5O5S/c1-14-8-7-9-18(35-5)21(14)31-20(29-30-24(31)17-10-19(32)25(17,3)4)13-37(33,34)15(2)22(36-6)23-27-11-16(26)12-28-23/h7-9,11-12,15,17,22H,10,13H2,1-6H3/t15-,17+,22-/m0/s1. The molecule has 0 aliphatic heterocycles. The van der Waals surface area contributed by atoms with Crippen LogP contribution in [0, 0.1) is 12.3 Å². The first-order valence-corrected chi connectivity index (χ1v) is 13.8. The molecule has 0 bridgehead atoms. The number of para-hydroxylation sites is 1. The maximum absolute atomic E-state index is 13.7. The second kappa shape index (κ2) is 10.1. The molecular weight excluding hydrogens is 518 g/mol. The van der Waals surface area contributed by atoms with Crippen LogP contribution in [-0.2, 0) is 25.1 Å². The molecule has 2 aromatic heterocycles. The van der Waals surface area contributed by atoms with Gasteiger partial charge in [0.1, 0.15) is 29.2 Å².